The van der Waals surface area contributed by atoms with Gasteiger partial charge >= 0.3 is 7.12 Å². The first-order valence-electron chi connectivity index (χ1n) is 5.81. The molecule has 0 spiro atoms. The third kappa shape index (κ3) is 2.64. The van der Waals surface area contributed by atoms with Gasteiger partial charge in [-0.15, -0.1) is 0 Å². The van der Waals surface area contributed by atoms with Gasteiger partial charge in [0.1, 0.15) is 0 Å². The lowest BCUT2D eigenvalue weighted by Crippen LogP contribution is -2.32. The molecule has 2 N–H and O–H groups in total. The quantitative estimate of drug-likeness (QED) is 0.697. The minimum Gasteiger partial charge on any atom is -0.423 e. The van der Waals surface area contributed by atoms with Gasteiger partial charge in [-0.05, 0) is 49.9 Å². The molecule has 1 aliphatic heterocycles. The highest BCUT2D eigenvalue weighted by Crippen LogP contribution is 2.26. The van der Waals surface area contributed by atoms with Crippen LogP contribution >= 0.6 is 0 Å². The molecule has 2 rings (SSSR count). The first-order valence-corrected chi connectivity index (χ1v) is 5.81. The van der Waals surface area contributed by atoms with Crippen molar-refractivity contribution in [2.75, 3.05) is 20.1 Å². The summed E-state index contributed by atoms with van der Waals surface area (Å²) >= 11 is 0. The number of piperidine rings is 1. The number of hydrogen-bond acceptors (Lipinski definition) is 3. The maximum atomic E-state index is 9.14. The summed E-state index contributed by atoms with van der Waals surface area (Å²) in [6.45, 7) is 2.24. The molecule has 0 aromatic heterocycles. The summed E-state index contributed by atoms with van der Waals surface area (Å²) in [5.41, 5.74) is 1.83. The molecule has 16 heavy (non-hydrogen) atoms. The van der Waals surface area contributed by atoms with Gasteiger partial charge in [0.2, 0.25) is 0 Å². The number of rotatable bonds is 2. The van der Waals surface area contributed by atoms with E-state index in [1.807, 2.05) is 12.1 Å². The van der Waals surface area contributed by atoms with Crippen LogP contribution in [0.2, 0.25) is 0 Å². The molecule has 0 amide bonds. The van der Waals surface area contributed by atoms with E-state index in [1.54, 1.807) is 6.07 Å². The highest BCUT2D eigenvalue weighted by molar-refractivity contribution is 6.58. The average molecular weight is 219 g/mol. The van der Waals surface area contributed by atoms with Crippen molar-refractivity contribution < 1.29 is 10.0 Å². The zero-order chi connectivity index (χ0) is 11.5. The van der Waals surface area contributed by atoms with Gasteiger partial charge in [-0.25, -0.2) is 0 Å². The second-order valence-corrected chi connectivity index (χ2v) is 4.62. The third-order valence-corrected chi connectivity index (χ3v) is 3.40. The Kier molecular flexibility index (Phi) is 3.64. The Morgan fingerprint density at radius 3 is 2.56 bits per heavy atom. The van der Waals surface area contributed by atoms with Crippen molar-refractivity contribution in [3.63, 3.8) is 0 Å². The summed E-state index contributed by atoms with van der Waals surface area (Å²) in [4.78, 5) is 2.33. The minimum absolute atomic E-state index is 0.565. The summed E-state index contributed by atoms with van der Waals surface area (Å²) in [5, 5.41) is 18.3. The van der Waals surface area contributed by atoms with E-state index in [2.05, 4.69) is 18.0 Å². The van der Waals surface area contributed by atoms with E-state index in [-0.39, 0.29) is 0 Å². The first-order chi connectivity index (χ1) is 7.66. The van der Waals surface area contributed by atoms with Crippen LogP contribution in [0.15, 0.2) is 24.3 Å². The van der Waals surface area contributed by atoms with Crippen LogP contribution in [0.4, 0.5) is 0 Å². The molecular weight excluding hydrogens is 201 g/mol. The van der Waals surface area contributed by atoms with Crippen LogP contribution in [0.3, 0.4) is 0 Å². The molecule has 0 bridgehead atoms. The SMILES string of the molecule is CN1CCC(c2cccc(B(O)O)c2)CC1. The van der Waals surface area contributed by atoms with Gasteiger partial charge in [0.15, 0.2) is 0 Å². The fraction of sp³-hybridized carbons (Fsp3) is 0.500. The highest BCUT2D eigenvalue weighted by Gasteiger charge is 2.19. The molecule has 0 radical (unpaired) electrons. The zero-order valence-corrected chi connectivity index (χ0v) is 9.63. The van der Waals surface area contributed by atoms with E-state index in [4.69, 9.17) is 10.0 Å². The number of likely N-dealkylation sites (tertiary alicyclic amines) is 1. The van der Waals surface area contributed by atoms with Crippen LogP contribution in [-0.2, 0) is 0 Å². The van der Waals surface area contributed by atoms with Gasteiger partial charge in [-0.3, -0.25) is 0 Å². The smallest absolute Gasteiger partial charge is 0.423 e. The number of hydrogen-bond donors (Lipinski definition) is 2. The molecule has 0 atom stereocenters. The molecule has 1 aromatic carbocycles. The Morgan fingerprint density at radius 2 is 1.94 bits per heavy atom. The van der Waals surface area contributed by atoms with Gasteiger partial charge in [-0.2, -0.15) is 0 Å². The molecule has 1 heterocycles. The van der Waals surface area contributed by atoms with Crippen molar-refractivity contribution in [2.45, 2.75) is 18.8 Å². The molecule has 1 saturated heterocycles. The molecule has 0 saturated carbocycles. The Hall–Kier alpha value is -0.835. The van der Waals surface area contributed by atoms with E-state index >= 15 is 0 Å². The van der Waals surface area contributed by atoms with E-state index < -0.39 is 7.12 Å². The molecule has 1 aliphatic rings. The van der Waals surface area contributed by atoms with E-state index in [9.17, 15) is 0 Å². The van der Waals surface area contributed by atoms with Crippen LogP contribution in [0, 0.1) is 0 Å². The Bertz CT molecular complexity index is 349. The zero-order valence-electron chi connectivity index (χ0n) is 9.63. The van der Waals surface area contributed by atoms with Crippen molar-refractivity contribution in [2.24, 2.45) is 0 Å². The summed E-state index contributed by atoms with van der Waals surface area (Å²) in [6.07, 6.45) is 2.31. The molecular formula is C12H18BNO2. The molecule has 86 valence electrons. The molecule has 3 nitrogen and oxygen atoms in total. The fourth-order valence-corrected chi connectivity index (χ4v) is 2.32. The number of nitrogens with zero attached hydrogens (tertiary/aromatic N) is 1. The Morgan fingerprint density at radius 1 is 1.25 bits per heavy atom. The standard InChI is InChI=1S/C12H18BNO2/c1-14-7-5-10(6-8-14)11-3-2-4-12(9-11)13(15)16/h2-4,9-10,15-16H,5-8H2,1H3. The summed E-state index contributed by atoms with van der Waals surface area (Å²) in [7, 11) is 0.788. The molecule has 1 fully saturated rings. The number of benzene rings is 1. The Balaban J connectivity index is 2.11. The van der Waals surface area contributed by atoms with Gasteiger partial charge in [0, 0.05) is 0 Å². The Labute approximate surface area is 96.9 Å². The fourth-order valence-electron chi connectivity index (χ4n) is 2.32. The monoisotopic (exact) mass is 219 g/mol. The average Bonchev–Trinajstić information content (AvgIpc) is 2.30. The maximum absolute atomic E-state index is 9.14. The van der Waals surface area contributed by atoms with E-state index in [0.29, 0.717) is 11.4 Å². The molecule has 4 heteroatoms. The predicted octanol–water partition coefficient (Wildman–Crippen LogP) is 0.176. The summed E-state index contributed by atoms with van der Waals surface area (Å²) < 4.78 is 0. The maximum Gasteiger partial charge on any atom is 0.488 e. The van der Waals surface area contributed by atoms with Crippen molar-refractivity contribution in [1.82, 2.24) is 4.90 Å². The third-order valence-electron chi connectivity index (χ3n) is 3.40. The van der Waals surface area contributed by atoms with Gasteiger partial charge in [0.25, 0.3) is 0 Å². The lowest BCUT2D eigenvalue weighted by Gasteiger charge is -2.29. The van der Waals surface area contributed by atoms with Crippen molar-refractivity contribution >= 4 is 12.6 Å². The van der Waals surface area contributed by atoms with Gasteiger partial charge in [-0.1, -0.05) is 24.3 Å². The summed E-state index contributed by atoms with van der Waals surface area (Å²) in [5.74, 6) is 0.565. The van der Waals surface area contributed by atoms with Crippen molar-refractivity contribution in [3.8, 4) is 0 Å². The van der Waals surface area contributed by atoms with Crippen molar-refractivity contribution in [1.29, 1.82) is 0 Å². The van der Waals surface area contributed by atoms with Gasteiger partial charge < -0.3 is 14.9 Å². The normalized spacial score (nSPS) is 18.7. The topological polar surface area (TPSA) is 43.7 Å². The lowest BCUT2D eigenvalue weighted by molar-refractivity contribution is 0.255. The first kappa shape index (κ1) is 11.6. The molecule has 0 aliphatic carbocycles. The predicted molar refractivity (Wildman–Crippen MR) is 65.7 cm³/mol. The molecule has 0 unspecified atom stereocenters. The highest BCUT2D eigenvalue weighted by atomic mass is 16.4. The molecule has 1 aromatic rings. The van der Waals surface area contributed by atoms with Crippen LogP contribution in [-0.4, -0.2) is 42.2 Å². The van der Waals surface area contributed by atoms with E-state index in [0.717, 1.165) is 25.9 Å². The second kappa shape index (κ2) is 5.00. The van der Waals surface area contributed by atoms with Crippen molar-refractivity contribution in [3.05, 3.63) is 29.8 Å². The van der Waals surface area contributed by atoms with Gasteiger partial charge in [0.05, 0.1) is 0 Å². The summed E-state index contributed by atoms with van der Waals surface area (Å²) in [6, 6.07) is 7.66. The van der Waals surface area contributed by atoms with Crippen LogP contribution < -0.4 is 5.46 Å². The minimum atomic E-state index is -1.36. The van der Waals surface area contributed by atoms with E-state index in [1.165, 1.54) is 5.56 Å². The second-order valence-electron chi connectivity index (χ2n) is 4.62. The van der Waals surface area contributed by atoms with Crippen LogP contribution in [0.1, 0.15) is 24.3 Å². The lowest BCUT2D eigenvalue weighted by atomic mass is 9.77. The van der Waals surface area contributed by atoms with Crippen LogP contribution in [0.25, 0.3) is 0 Å². The van der Waals surface area contributed by atoms with Crippen LogP contribution in [0.5, 0.6) is 0 Å². The largest absolute Gasteiger partial charge is 0.488 e.